The zero-order chi connectivity index (χ0) is 21.1. The molecule has 0 aliphatic carbocycles. The van der Waals surface area contributed by atoms with Gasteiger partial charge in [0.2, 0.25) is 0 Å². The largest absolute Gasteiger partial charge is 0.476 e. The van der Waals surface area contributed by atoms with E-state index in [0.717, 1.165) is 5.69 Å². The van der Waals surface area contributed by atoms with E-state index in [0.29, 0.717) is 17.1 Å². The maximum absolute atomic E-state index is 11.7. The topological polar surface area (TPSA) is 105 Å². The third-order valence-electron chi connectivity index (χ3n) is 4.11. The maximum Gasteiger partial charge on any atom is 0.303 e. The Balaban J connectivity index is 1.87. The molecule has 1 fully saturated rings. The van der Waals surface area contributed by atoms with Crippen molar-refractivity contribution in [3.05, 3.63) is 30.2 Å². The van der Waals surface area contributed by atoms with Gasteiger partial charge in [-0.1, -0.05) is 0 Å². The third-order valence-corrected chi connectivity index (χ3v) is 5.32. The Bertz CT molecular complexity index is 928. The molecule has 2 aromatic rings. The number of nitrogens with zero attached hydrogens (tertiary/aromatic N) is 2. The molecular weight excluding hydrogens is 400 g/mol. The van der Waals surface area contributed by atoms with Crippen LogP contribution in [0.15, 0.2) is 24.5 Å². The number of pyridine rings is 1. The number of hydrogen-bond donors (Lipinski definition) is 0. The van der Waals surface area contributed by atoms with Crippen molar-refractivity contribution in [1.82, 2.24) is 9.38 Å². The van der Waals surface area contributed by atoms with E-state index in [2.05, 4.69) is 4.98 Å². The van der Waals surface area contributed by atoms with Crippen LogP contribution < -0.4 is 4.74 Å². The number of rotatable bonds is 5. The molecule has 1 aliphatic heterocycles. The number of imidazole rings is 1. The minimum atomic E-state index is -0.982. The number of esters is 3. The van der Waals surface area contributed by atoms with Gasteiger partial charge in [-0.25, -0.2) is 4.98 Å². The Labute approximate surface area is 171 Å². The van der Waals surface area contributed by atoms with Crippen LogP contribution in [-0.4, -0.2) is 56.8 Å². The van der Waals surface area contributed by atoms with Crippen molar-refractivity contribution in [2.24, 2.45) is 0 Å². The Morgan fingerprint density at radius 3 is 2.38 bits per heavy atom. The van der Waals surface area contributed by atoms with Gasteiger partial charge in [0.05, 0.1) is 5.69 Å². The van der Waals surface area contributed by atoms with Crippen molar-refractivity contribution in [2.45, 2.75) is 51.4 Å². The van der Waals surface area contributed by atoms with E-state index in [9.17, 15) is 14.4 Å². The number of hydrogen-bond acceptors (Lipinski definition) is 9. The van der Waals surface area contributed by atoms with E-state index in [1.807, 2.05) is 23.7 Å². The van der Waals surface area contributed by atoms with Gasteiger partial charge in [-0.2, -0.15) is 0 Å². The van der Waals surface area contributed by atoms with Gasteiger partial charge in [0.15, 0.2) is 23.7 Å². The monoisotopic (exact) mass is 422 g/mol. The Morgan fingerprint density at radius 2 is 1.72 bits per heavy atom. The lowest BCUT2D eigenvalue weighted by atomic mass is 10.1. The first kappa shape index (κ1) is 21.0. The highest BCUT2D eigenvalue weighted by Crippen LogP contribution is 2.34. The van der Waals surface area contributed by atoms with Crippen LogP contribution in [-0.2, 0) is 28.6 Å². The zero-order valence-corrected chi connectivity index (χ0v) is 17.3. The second kappa shape index (κ2) is 8.73. The molecule has 0 saturated carbocycles. The summed E-state index contributed by atoms with van der Waals surface area (Å²) in [6.07, 6.45) is 0.991. The average Bonchev–Trinajstić information content (AvgIpc) is 2.98. The van der Waals surface area contributed by atoms with Gasteiger partial charge in [0, 0.05) is 45.0 Å². The lowest BCUT2D eigenvalue weighted by molar-refractivity contribution is -0.186. The van der Waals surface area contributed by atoms with Gasteiger partial charge >= 0.3 is 17.9 Å². The van der Waals surface area contributed by atoms with Crippen LogP contribution in [0.2, 0.25) is 0 Å². The molecule has 0 radical (unpaired) electrons. The van der Waals surface area contributed by atoms with E-state index < -0.39 is 41.7 Å². The Hall–Kier alpha value is -2.75. The smallest absolute Gasteiger partial charge is 0.303 e. The Morgan fingerprint density at radius 1 is 1.07 bits per heavy atom. The molecule has 156 valence electrons. The second-order valence-electron chi connectivity index (χ2n) is 6.63. The summed E-state index contributed by atoms with van der Waals surface area (Å²) in [6.45, 7) is 5.64. The fourth-order valence-corrected chi connectivity index (χ4v) is 4.32. The van der Waals surface area contributed by atoms with Crippen molar-refractivity contribution in [1.29, 1.82) is 0 Å². The minimum absolute atomic E-state index is 0.310. The molecule has 0 N–H and O–H groups in total. The van der Waals surface area contributed by atoms with Crippen molar-refractivity contribution in [3.8, 4) is 5.75 Å². The van der Waals surface area contributed by atoms with E-state index in [-0.39, 0.29) is 0 Å². The van der Waals surface area contributed by atoms with Gasteiger partial charge in [-0.15, -0.1) is 11.8 Å². The van der Waals surface area contributed by atoms with E-state index >= 15 is 0 Å². The van der Waals surface area contributed by atoms with Crippen LogP contribution in [0.1, 0.15) is 26.5 Å². The number of carbonyl (C=O) groups is 3. The van der Waals surface area contributed by atoms with Crippen molar-refractivity contribution < 1.29 is 33.3 Å². The summed E-state index contributed by atoms with van der Waals surface area (Å²) in [5.41, 5.74) is 0.902. The van der Waals surface area contributed by atoms with Crippen LogP contribution in [0.5, 0.6) is 5.75 Å². The van der Waals surface area contributed by atoms with Gasteiger partial charge < -0.3 is 23.3 Å². The van der Waals surface area contributed by atoms with Gasteiger partial charge in [-0.05, 0) is 13.0 Å². The van der Waals surface area contributed by atoms with Crippen molar-refractivity contribution in [3.63, 3.8) is 0 Å². The molecule has 10 heteroatoms. The first-order valence-electron chi connectivity index (χ1n) is 8.98. The first-order valence-corrected chi connectivity index (χ1v) is 10.0. The predicted octanol–water partition coefficient (Wildman–Crippen LogP) is 1.89. The highest BCUT2D eigenvalue weighted by molar-refractivity contribution is 7.99. The molecule has 0 spiro atoms. The molecule has 29 heavy (non-hydrogen) atoms. The third kappa shape index (κ3) is 5.20. The highest BCUT2D eigenvalue weighted by Gasteiger charge is 2.47. The molecular formula is C19H22N2O7S. The van der Waals surface area contributed by atoms with E-state index in [4.69, 9.17) is 18.9 Å². The average molecular weight is 422 g/mol. The molecule has 3 rings (SSSR count). The minimum Gasteiger partial charge on any atom is -0.476 e. The SMILES string of the molecule is CC(=O)O[C@@H]1[C@@H](OC(C)=O)[C@H](OC(C)=O)CS[C@H]1Oc1ccn2cc(C)nc2c1. The maximum atomic E-state index is 11.7. The summed E-state index contributed by atoms with van der Waals surface area (Å²) in [5.74, 6) is -0.836. The first-order chi connectivity index (χ1) is 13.7. The van der Waals surface area contributed by atoms with E-state index in [1.165, 1.54) is 32.5 Å². The molecule has 2 aromatic heterocycles. The number of thioether (sulfide) groups is 1. The number of fused-ring (bicyclic) bond motifs is 1. The summed E-state index contributed by atoms with van der Waals surface area (Å²) in [6, 6.07) is 3.52. The second-order valence-corrected chi connectivity index (χ2v) is 7.76. The predicted molar refractivity (Wildman–Crippen MR) is 103 cm³/mol. The number of aromatic nitrogens is 2. The molecule has 1 saturated heterocycles. The summed E-state index contributed by atoms with van der Waals surface area (Å²) >= 11 is 1.30. The summed E-state index contributed by atoms with van der Waals surface area (Å²) in [4.78, 5) is 39.2. The molecule has 0 amide bonds. The summed E-state index contributed by atoms with van der Waals surface area (Å²) in [7, 11) is 0. The molecule has 0 bridgehead atoms. The number of ether oxygens (including phenoxy) is 4. The quantitative estimate of drug-likeness (QED) is 0.527. The van der Waals surface area contributed by atoms with E-state index in [1.54, 1.807) is 12.1 Å². The lowest BCUT2D eigenvalue weighted by Gasteiger charge is -2.39. The number of carbonyl (C=O) groups excluding carboxylic acids is 3. The van der Waals surface area contributed by atoms with Crippen LogP contribution in [0.4, 0.5) is 0 Å². The fraction of sp³-hybridized carbons (Fsp3) is 0.474. The normalized spacial score (nSPS) is 24.0. The summed E-state index contributed by atoms with van der Waals surface area (Å²) in [5, 5.41) is 0. The van der Waals surface area contributed by atoms with Crippen molar-refractivity contribution >= 4 is 35.3 Å². The lowest BCUT2D eigenvalue weighted by Crippen LogP contribution is -2.55. The molecule has 4 atom stereocenters. The van der Waals surface area contributed by atoms with Crippen molar-refractivity contribution in [2.75, 3.05) is 5.75 Å². The van der Waals surface area contributed by atoms with Gasteiger partial charge in [0.1, 0.15) is 11.4 Å². The molecule has 9 nitrogen and oxygen atoms in total. The van der Waals surface area contributed by atoms with Crippen LogP contribution in [0, 0.1) is 6.92 Å². The van der Waals surface area contributed by atoms with Gasteiger partial charge in [-0.3, -0.25) is 14.4 Å². The van der Waals surface area contributed by atoms with Crippen LogP contribution in [0.25, 0.3) is 5.65 Å². The molecule has 1 aliphatic rings. The zero-order valence-electron chi connectivity index (χ0n) is 16.5. The van der Waals surface area contributed by atoms with Gasteiger partial charge in [0.25, 0.3) is 0 Å². The van der Waals surface area contributed by atoms with Crippen LogP contribution >= 0.6 is 11.8 Å². The van der Waals surface area contributed by atoms with Crippen LogP contribution in [0.3, 0.4) is 0 Å². The number of aryl methyl sites for hydroxylation is 1. The molecule has 0 unspecified atom stereocenters. The fourth-order valence-electron chi connectivity index (χ4n) is 3.11. The highest BCUT2D eigenvalue weighted by atomic mass is 32.2. The summed E-state index contributed by atoms with van der Waals surface area (Å²) < 4.78 is 24.0. The standard InChI is InChI=1S/C19H22N2O7S/c1-10-8-21-6-5-14(7-16(21)20-10)28-19-18(27-13(4)24)17(26-12(3)23)15(9-29-19)25-11(2)22/h5-8,15,17-19H,9H2,1-4H3/t15-,17+,18-,19-/m1/s1. The Kier molecular flexibility index (Phi) is 6.31. The molecule has 3 heterocycles. The molecule has 0 aromatic carbocycles.